The number of nitrogens with zero attached hydrogens (tertiary/aromatic N) is 2. The summed E-state index contributed by atoms with van der Waals surface area (Å²) in [6.45, 7) is 7.79. The molecule has 0 saturated heterocycles. The number of carbonyl (C=O) groups excluding carboxylic acids is 2. The first kappa shape index (κ1) is 18.8. The lowest BCUT2D eigenvalue weighted by atomic mass is 9.92. The molecule has 5 heteroatoms. The number of pyridine rings is 1. The number of aliphatic hydroxyl groups excluding tert-OH is 1. The minimum absolute atomic E-state index is 0.126. The highest BCUT2D eigenvalue weighted by Crippen LogP contribution is 2.41. The van der Waals surface area contributed by atoms with Gasteiger partial charge in [0.2, 0.25) is 0 Å². The van der Waals surface area contributed by atoms with Gasteiger partial charge in [0.05, 0.1) is 11.6 Å². The molecule has 5 nitrogen and oxygen atoms in total. The van der Waals surface area contributed by atoms with Crippen molar-refractivity contribution in [2.45, 2.75) is 40.2 Å². The van der Waals surface area contributed by atoms with Crippen LogP contribution in [0.15, 0.2) is 54.1 Å². The molecule has 0 saturated carbocycles. The van der Waals surface area contributed by atoms with Gasteiger partial charge in [-0.15, -0.1) is 0 Å². The maximum Gasteiger partial charge on any atom is 0.294 e. The molecular weight excluding hydrogens is 340 g/mol. The Labute approximate surface area is 159 Å². The van der Waals surface area contributed by atoms with E-state index in [9.17, 15) is 14.7 Å². The lowest BCUT2D eigenvalue weighted by molar-refractivity contribution is -0.118. The molecule has 1 N–H and O–H groups in total. The number of Topliss-reactive ketones (excluding diaryl/α,β-unsaturated/α-hetero) is 1. The highest BCUT2D eigenvalue weighted by molar-refractivity contribution is 6.16. The molecule has 0 bridgehead atoms. The average molecular weight is 364 g/mol. The fourth-order valence-electron chi connectivity index (χ4n) is 3.59. The number of benzene rings is 1. The van der Waals surface area contributed by atoms with E-state index in [0.717, 1.165) is 16.7 Å². The Bertz CT molecular complexity index is 896. The molecule has 0 radical (unpaired) electrons. The number of anilines is 1. The second kappa shape index (κ2) is 7.35. The van der Waals surface area contributed by atoms with Crippen LogP contribution in [0.25, 0.3) is 0 Å². The van der Waals surface area contributed by atoms with Crippen molar-refractivity contribution >= 4 is 17.4 Å². The van der Waals surface area contributed by atoms with Gasteiger partial charge in [-0.2, -0.15) is 0 Å². The third-order valence-electron chi connectivity index (χ3n) is 4.61. The van der Waals surface area contributed by atoms with Gasteiger partial charge in [0, 0.05) is 24.5 Å². The molecular formula is C22H24N2O3. The fourth-order valence-corrected chi connectivity index (χ4v) is 3.59. The van der Waals surface area contributed by atoms with Gasteiger partial charge in [-0.3, -0.25) is 19.5 Å². The topological polar surface area (TPSA) is 70.5 Å². The molecule has 2 aromatic rings. The first-order chi connectivity index (χ1) is 12.8. The Balaban J connectivity index is 2.16. The summed E-state index contributed by atoms with van der Waals surface area (Å²) in [7, 11) is 0. The zero-order valence-corrected chi connectivity index (χ0v) is 16.1. The van der Waals surface area contributed by atoms with E-state index in [4.69, 9.17) is 0 Å². The lowest BCUT2D eigenvalue weighted by Gasteiger charge is -2.27. The van der Waals surface area contributed by atoms with E-state index in [0.29, 0.717) is 5.69 Å². The summed E-state index contributed by atoms with van der Waals surface area (Å²) < 4.78 is 0. The number of hydrogen-bond donors (Lipinski definition) is 1. The zero-order valence-electron chi connectivity index (χ0n) is 16.1. The molecule has 1 amide bonds. The third kappa shape index (κ3) is 3.63. The van der Waals surface area contributed by atoms with Gasteiger partial charge in [0.15, 0.2) is 11.5 Å². The predicted octanol–water partition coefficient (Wildman–Crippen LogP) is 4.21. The summed E-state index contributed by atoms with van der Waals surface area (Å²) in [5, 5.41) is 10.6. The van der Waals surface area contributed by atoms with E-state index in [1.54, 1.807) is 24.5 Å². The molecule has 0 spiro atoms. The van der Waals surface area contributed by atoms with Crippen LogP contribution in [0.4, 0.5) is 5.69 Å². The minimum Gasteiger partial charge on any atom is -0.503 e. The SMILES string of the molecule is Cc1cc(C)cc(N2C(=O)C(O)=C(C(=O)CC(C)C)C2c2ccncc2)c1. The number of amides is 1. The molecule has 1 aliphatic heterocycles. The summed E-state index contributed by atoms with van der Waals surface area (Å²) in [6, 6.07) is 8.69. The Morgan fingerprint density at radius 3 is 2.30 bits per heavy atom. The van der Waals surface area contributed by atoms with E-state index in [1.165, 1.54) is 4.90 Å². The van der Waals surface area contributed by atoms with Gasteiger partial charge < -0.3 is 5.11 Å². The summed E-state index contributed by atoms with van der Waals surface area (Å²) in [5.41, 5.74) is 3.59. The molecule has 1 aromatic carbocycles. The summed E-state index contributed by atoms with van der Waals surface area (Å²) in [5.74, 6) is -1.08. The molecule has 2 heterocycles. The van der Waals surface area contributed by atoms with Crippen molar-refractivity contribution in [2.24, 2.45) is 5.92 Å². The van der Waals surface area contributed by atoms with Crippen LogP contribution in [-0.2, 0) is 9.59 Å². The van der Waals surface area contributed by atoms with Gasteiger partial charge in [-0.05, 0) is 60.7 Å². The third-order valence-corrected chi connectivity index (χ3v) is 4.61. The van der Waals surface area contributed by atoms with Gasteiger partial charge >= 0.3 is 0 Å². The Kier molecular flexibility index (Phi) is 5.13. The van der Waals surface area contributed by atoms with Gasteiger partial charge in [-0.25, -0.2) is 0 Å². The van der Waals surface area contributed by atoms with Crippen molar-refractivity contribution in [1.29, 1.82) is 0 Å². The maximum absolute atomic E-state index is 13.0. The highest BCUT2D eigenvalue weighted by atomic mass is 16.3. The smallest absolute Gasteiger partial charge is 0.294 e. The molecule has 3 rings (SSSR count). The Hall–Kier alpha value is -2.95. The van der Waals surface area contributed by atoms with E-state index in [-0.39, 0.29) is 23.7 Å². The van der Waals surface area contributed by atoms with Crippen LogP contribution in [0.1, 0.15) is 43.0 Å². The van der Waals surface area contributed by atoms with E-state index >= 15 is 0 Å². The van der Waals surface area contributed by atoms with Crippen molar-refractivity contribution in [1.82, 2.24) is 4.98 Å². The summed E-state index contributed by atoms with van der Waals surface area (Å²) in [4.78, 5) is 31.4. The summed E-state index contributed by atoms with van der Waals surface area (Å²) in [6.07, 6.45) is 3.52. The molecule has 1 atom stereocenters. The van der Waals surface area contributed by atoms with Crippen LogP contribution < -0.4 is 4.90 Å². The second-order valence-corrected chi connectivity index (χ2v) is 7.49. The van der Waals surface area contributed by atoms with E-state index in [1.807, 2.05) is 45.9 Å². The van der Waals surface area contributed by atoms with E-state index in [2.05, 4.69) is 4.98 Å². The summed E-state index contributed by atoms with van der Waals surface area (Å²) >= 11 is 0. The lowest BCUT2D eigenvalue weighted by Crippen LogP contribution is -2.31. The number of aryl methyl sites for hydroxylation is 2. The first-order valence-corrected chi connectivity index (χ1v) is 9.07. The van der Waals surface area contributed by atoms with Crippen LogP contribution in [0.3, 0.4) is 0 Å². The number of aliphatic hydroxyl groups is 1. The standard InChI is InChI=1S/C22H24N2O3/c1-13(2)9-18(25)19-20(16-5-7-23-8-6-16)24(22(27)21(19)26)17-11-14(3)10-15(4)12-17/h5-8,10-13,20,26H,9H2,1-4H3. The average Bonchev–Trinajstić information content (AvgIpc) is 2.86. The largest absolute Gasteiger partial charge is 0.503 e. The number of rotatable bonds is 5. The Morgan fingerprint density at radius 1 is 1.15 bits per heavy atom. The van der Waals surface area contributed by atoms with Crippen molar-refractivity contribution < 1.29 is 14.7 Å². The normalized spacial score (nSPS) is 17.1. The molecule has 27 heavy (non-hydrogen) atoms. The molecule has 0 fully saturated rings. The van der Waals surface area contributed by atoms with Gasteiger partial charge in [-0.1, -0.05) is 19.9 Å². The number of ketones is 1. The fraction of sp³-hybridized carbons (Fsp3) is 0.318. The number of aromatic nitrogens is 1. The molecule has 1 aliphatic rings. The van der Waals surface area contributed by atoms with Crippen LogP contribution in [0.5, 0.6) is 0 Å². The van der Waals surface area contributed by atoms with Crippen molar-refractivity contribution in [3.05, 3.63) is 70.7 Å². The molecule has 1 unspecified atom stereocenters. The molecule has 1 aromatic heterocycles. The van der Waals surface area contributed by atoms with Crippen LogP contribution in [0, 0.1) is 19.8 Å². The van der Waals surface area contributed by atoms with E-state index < -0.39 is 17.7 Å². The van der Waals surface area contributed by atoms with Crippen LogP contribution in [0.2, 0.25) is 0 Å². The van der Waals surface area contributed by atoms with Gasteiger partial charge in [0.25, 0.3) is 5.91 Å². The molecule has 140 valence electrons. The van der Waals surface area contributed by atoms with Crippen molar-refractivity contribution in [3.8, 4) is 0 Å². The minimum atomic E-state index is -0.659. The first-order valence-electron chi connectivity index (χ1n) is 9.07. The monoisotopic (exact) mass is 364 g/mol. The van der Waals surface area contributed by atoms with Crippen molar-refractivity contribution in [3.63, 3.8) is 0 Å². The number of hydrogen-bond acceptors (Lipinski definition) is 4. The second-order valence-electron chi connectivity index (χ2n) is 7.49. The predicted molar refractivity (Wildman–Crippen MR) is 104 cm³/mol. The quantitative estimate of drug-likeness (QED) is 0.862. The highest BCUT2D eigenvalue weighted by Gasteiger charge is 2.44. The number of carbonyl (C=O) groups is 2. The Morgan fingerprint density at radius 2 is 1.74 bits per heavy atom. The molecule has 0 aliphatic carbocycles. The van der Waals surface area contributed by atoms with Crippen LogP contribution in [-0.4, -0.2) is 21.8 Å². The zero-order chi connectivity index (χ0) is 19.7. The van der Waals surface area contributed by atoms with Crippen LogP contribution >= 0.6 is 0 Å². The maximum atomic E-state index is 13.0. The van der Waals surface area contributed by atoms with Gasteiger partial charge in [0.1, 0.15) is 0 Å². The van der Waals surface area contributed by atoms with Crippen molar-refractivity contribution in [2.75, 3.05) is 4.90 Å².